The molecule has 1 aromatic heterocycles. The summed E-state index contributed by atoms with van der Waals surface area (Å²) < 4.78 is 45.0. The zero-order valence-electron chi connectivity index (χ0n) is 13.8. The molecule has 0 saturated heterocycles. The van der Waals surface area contributed by atoms with Crippen molar-refractivity contribution in [1.82, 2.24) is 9.78 Å². The molecule has 0 radical (unpaired) electrons. The maximum atomic E-state index is 12.9. The van der Waals surface area contributed by atoms with Crippen molar-refractivity contribution in [1.29, 1.82) is 0 Å². The van der Waals surface area contributed by atoms with Crippen LogP contribution < -0.4 is 10.3 Å². The predicted octanol–water partition coefficient (Wildman–Crippen LogP) is 3.99. The van der Waals surface area contributed by atoms with Gasteiger partial charge in [-0.1, -0.05) is 24.3 Å². The highest BCUT2D eigenvalue weighted by Gasteiger charge is 2.30. The molecular formula is C19H15F3N2O2. The number of alkyl halides is 3. The van der Waals surface area contributed by atoms with Crippen LogP contribution in [0.2, 0.25) is 0 Å². The van der Waals surface area contributed by atoms with Crippen LogP contribution >= 0.6 is 0 Å². The van der Waals surface area contributed by atoms with Crippen molar-refractivity contribution in [3.8, 4) is 17.0 Å². The van der Waals surface area contributed by atoms with Crippen molar-refractivity contribution >= 4 is 0 Å². The van der Waals surface area contributed by atoms with Crippen LogP contribution in [0.15, 0.2) is 65.5 Å². The van der Waals surface area contributed by atoms with Gasteiger partial charge < -0.3 is 4.74 Å². The third-order valence-electron chi connectivity index (χ3n) is 3.84. The Kier molecular flexibility index (Phi) is 4.79. The lowest BCUT2D eigenvalue weighted by atomic mass is 10.1. The standard InChI is InChI=1S/C19H15F3N2O2/c1-26-17-8-3-2-7-15(17)16-9-10-18(25)24(23-16)12-13-5-4-6-14(11-13)19(20,21)22/h2-11H,12H2,1H3. The summed E-state index contributed by atoms with van der Waals surface area (Å²) in [6, 6.07) is 14.9. The molecule has 0 N–H and O–H groups in total. The Morgan fingerprint density at radius 1 is 1.04 bits per heavy atom. The predicted molar refractivity (Wildman–Crippen MR) is 91.0 cm³/mol. The smallest absolute Gasteiger partial charge is 0.416 e. The van der Waals surface area contributed by atoms with Crippen LogP contribution in [0.5, 0.6) is 5.75 Å². The lowest BCUT2D eigenvalue weighted by molar-refractivity contribution is -0.137. The first-order valence-corrected chi connectivity index (χ1v) is 7.76. The number of aromatic nitrogens is 2. The highest BCUT2D eigenvalue weighted by Crippen LogP contribution is 2.30. The van der Waals surface area contributed by atoms with Crippen molar-refractivity contribution < 1.29 is 17.9 Å². The van der Waals surface area contributed by atoms with Crippen LogP contribution in [0, 0.1) is 0 Å². The van der Waals surface area contributed by atoms with Gasteiger partial charge in [-0.05, 0) is 35.9 Å². The van der Waals surface area contributed by atoms with Gasteiger partial charge in [-0.15, -0.1) is 0 Å². The van der Waals surface area contributed by atoms with Gasteiger partial charge in [0.1, 0.15) is 5.75 Å². The normalized spacial score (nSPS) is 11.4. The summed E-state index contributed by atoms with van der Waals surface area (Å²) >= 11 is 0. The molecule has 0 unspecified atom stereocenters. The first-order chi connectivity index (χ1) is 12.4. The molecule has 4 nitrogen and oxygen atoms in total. The number of nitrogens with zero attached hydrogens (tertiary/aromatic N) is 2. The fraction of sp³-hybridized carbons (Fsp3) is 0.158. The Balaban J connectivity index is 1.98. The summed E-state index contributed by atoms with van der Waals surface area (Å²) in [6.45, 7) is -0.0637. The average Bonchev–Trinajstić information content (AvgIpc) is 2.63. The van der Waals surface area contributed by atoms with E-state index >= 15 is 0 Å². The minimum absolute atomic E-state index is 0.0637. The van der Waals surface area contributed by atoms with E-state index in [1.54, 1.807) is 24.3 Å². The van der Waals surface area contributed by atoms with Gasteiger partial charge in [0.15, 0.2) is 0 Å². The number of methoxy groups -OCH3 is 1. The maximum Gasteiger partial charge on any atom is 0.416 e. The van der Waals surface area contributed by atoms with E-state index in [-0.39, 0.29) is 6.54 Å². The van der Waals surface area contributed by atoms with Gasteiger partial charge in [0.2, 0.25) is 0 Å². The zero-order valence-corrected chi connectivity index (χ0v) is 13.8. The first kappa shape index (κ1) is 17.7. The fourth-order valence-corrected chi connectivity index (χ4v) is 2.58. The molecule has 0 amide bonds. The second kappa shape index (κ2) is 7.03. The van der Waals surface area contributed by atoms with Gasteiger partial charge >= 0.3 is 6.18 Å². The molecule has 0 aliphatic carbocycles. The third kappa shape index (κ3) is 3.77. The number of hydrogen-bond acceptors (Lipinski definition) is 3. The molecule has 1 heterocycles. The molecule has 0 aliphatic rings. The van der Waals surface area contributed by atoms with E-state index in [2.05, 4.69) is 5.10 Å². The Morgan fingerprint density at radius 3 is 2.54 bits per heavy atom. The number of hydrogen-bond donors (Lipinski definition) is 0. The number of halogens is 3. The van der Waals surface area contributed by atoms with E-state index < -0.39 is 17.3 Å². The highest BCUT2D eigenvalue weighted by atomic mass is 19.4. The SMILES string of the molecule is COc1ccccc1-c1ccc(=O)n(Cc2cccc(C(F)(F)F)c2)n1. The van der Waals surface area contributed by atoms with E-state index in [1.807, 2.05) is 6.07 Å². The fourth-order valence-electron chi connectivity index (χ4n) is 2.58. The average molecular weight is 360 g/mol. The molecular weight excluding hydrogens is 345 g/mol. The van der Waals surface area contributed by atoms with Crippen molar-refractivity contribution in [2.75, 3.05) is 7.11 Å². The van der Waals surface area contributed by atoms with Crippen LogP contribution in [-0.2, 0) is 12.7 Å². The summed E-state index contributed by atoms with van der Waals surface area (Å²) in [6.07, 6.45) is -4.44. The number of rotatable bonds is 4. The highest BCUT2D eigenvalue weighted by molar-refractivity contribution is 5.66. The van der Waals surface area contributed by atoms with Gasteiger partial charge in [-0.25, -0.2) is 4.68 Å². The molecule has 2 aromatic carbocycles. The molecule has 0 spiro atoms. The molecule has 0 bridgehead atoms. The summed E-state index contributed by atoms with van der Waals surface area (Å²) in [5.74, 6) is 0.587. The van der Waals surface area contributed by atoms with E-state index in [9.17, 15) is 18.0 Å². The minimum Gasteiger partial charge on any atom is -0.496 e. The maximum absolute atomic E-state index is 12.9. The summed E-state index contributed by atoms with van der Waals surface area (Å²) in [7, 11) is 1.53. The van der Waals surface area contributed by atoms with Gasteiger partial charge in [0.05, 0.1) is 24.9 Å². The van der Waals surface area contributed by atoms with Crippen LogP contribution in [-0.4, -0.2) is 16.9 Å². The second-order valence-electron chi connectivity index (χ2n) is 5.61. The Morgan fingerprint density at radius 2 is 1.81 bits per heavy atom. The van der Waals surface area contributed by atoms with Crippen molar-refractivity contribution in [2.45, 2.75) is 12.7 Å². The summed E-state index contributed by atoms with van der Waals surface area (Å²) in [5.41, 5.74) is 0.360. The third-order valence-corrected chi connectivity index (χ3v) is 3.84. The van der Waals surface area contributed by atoms with Crippen molar-refractivity contribution in [2.24, 2.45) is 0 Å². The van der Waals surface area contributed by atoms with E-state index in [4.69, 9.17) is 4.74 Å². The van der Waals surface area contributed by atoms with Crippen LogP contribution in [0.1, 0.15) is 11.1 Å². The molecule has 3 aromatic rings. The van der Waals surface area contributed by atoms with Crippen LogP contribution in [0.4, 0.5) is 13.2 Å². The Hall–Kier alpha value is -3.09. The largest absolute Gasteiger partial charge is 0.496 e. The van der Waals surface area contributed by atoms with Crippen LogP contribution in [0.25, 0.3) is 11.3 Å². The quantitative estimate of drug-likeness (QED) is 0.707. The van der Waals surface area contributed by atoms with Crippen molar-refractivity contribution in [3.63, 3.8) is 0 Å². The second-order valence-corrected chi connectivity index (χ2v) is 5.61. The lowest BCUT2D eigenvalue weighted by Crippen LogP contribution is -2.23. The van der Waals surface area contributed by atoms with Crippen molar-refractivity contribution in [3.05, 3.63) is 82.1 Å². The van der Waals surface area contributed by atoms with E-state index in [1.165, 1.54) is 25.3 Å². The Labute approximate surface area is 147 Å². The van der Waals surface area contributed by atoms with Crippen LogP contribution in [0.3, 0.4) is 0 Å². The summed E-state index contributed by atoms with van der Waals surface area (Å²) in [4.78, 5) is 12.1. The zero-order chi connectivity index (χ0) is 18.7. The minimum atomic E-state index is -4.44. The molecule has 3 rings (SSSR count). The van der Waals surface area contributed by atoms with Gasteiger partial charge in [0.25, 0.3) is 5.56 Å². The lowest BCUT2D eigenvalue weighted by Gasteiger charge is -2.11. The molecule has 0 atom stereocenters. The monoisotopic (exact) mass is 360 g/mol. The van der Waals surface area contributed by atoms with E-state index in [0.717, 1.165) is 16.8 Å². The number of ether oxygens (including phenoxy) is 1. The molecule has 26 heavy (non-hydrogen) atoms. The molecule has 0 aliphatic heterocycles. The molecule has 134 valence electrons. The number of para-hydroxylation sites is 1. The summed E-state index contributed by atoms with van der Waals surface area (Å²) in [5, 5.41) is 4.28. The molecule has 7 heteroatoms. The molecule has 0 fully saturated rings. The van der Waals surface area contributed by atoms with Gasteiger partial charge in [-0.3, -0.25) is 4.79 Å². The Bertz CT molecular complexity index is 981. The van der Waals surface area contributed by atoms with E-state index in [0.29, 0.717) is 22.6 Å². The topological polar surface area (TPSA) is 44.1 Å². The molecule has 0 saturated carbocycles. The number of benzene rings is 2. The van der Waals surface area contributed by atoms with Gasteiger partial charge in [0, 0.05) is 11.6 Å². The van der Waals surface area contributed by atoms with Gasteiger partial charge in [-0.2, -0.15) is 18.3 Å². The first-order valence-electron chi connectivity index (χ1n) is 7.76.